The third-order valence-corrected chi connectivity index (χ3v) is 2.58. The van der Waals surface area contributed by atoms with Crippen molar-refractivity contribution >= 4 is 11.7 Å². The number of nitrogen functional groups attached to an aromatic ring is 1. The maximum Gasteiger partial charge on any atom is 0.257 e. The molecule has 0 saturated heterocycles. The van der Waals surface area contributed by atoms with Crippen molar-refractivity contribution in [1.29, 1.82) is 0 Å². The molecule has 0 bridgehead atoms. The zero-order chi connectivity index (χ0) is 14.4. The summed E-state index contributed by atoms with van der Waals surface area (Å²) in [5, 5.41) is 0. The highest BCUT2D eigenvalue weighted by Crippen LogP contribution is 2.15. The fraction of sp³-hybridized carbons (Fsp3) is 0.538. The second-order valence-corrected chi connectivity index (χ2v) is 4.70. The zero-order valence-corrected chi connectivity index (χ0v) is 11.5. The van der Waals surface area contributed by atoms with Gasteiger partial charge in [-0.1, -0.05) is 13.8 Å². The van der Waals surface area contributed by atoms with Crippen molar-refractivity contribution in [3.05, 3.63) is 23.6 Å². The molecule has 1 heterocycles. The maximum atomic E-state index is 13.8. The number of carbonyl (C=O) groups excluding carboxylic acids is 1. The predicted octanol–water partition coefficient (Wildman–Crippen LogP) is 1.55. The molecule has 1 amide bonds. The van der Waals surface area contributed by atoms with E-state index in [0.717, 1.165) is 0 Å². The van der Waals surface area contributed by atoms with Crippen molar-refractivity contribution in [2.45, 2.75) is 13.8 Å². The number of halogens is 1. The molecule has 19 heavy (non-hydrogen) atoms. The summed E-state index contributed by atoms with van der Waals surface area (Å²) < 4.78 is 18.8. The molecule has 5 nitrogen and oxygen atoms in total. The van der Waals surface area contributed by atoms with Crippen LogP contribution in [0.4, 0.5) is 10.2 Å². The number of rotatable bonds is 6. The van der Waals surface area contributed by atoms with Crippen LogP contribution in [-0.4, -0.2) is 42.6 Å². The summed E-state index contributed by atoms with van der Waals surface area (Å²) >= 11 is 0. The van der Waals surface area contributed by atoms with E-state index in [4.69, 9.17) is 10.5 Å². The van der Waals surface area contributed by atoms with Crippen molar-refractivity contribution < 1.29 is 13.9 Å². The average molecular weight is 269 g/mol. The van der Waals surface area contributed by atoms with Gasteiger partial charge in [-0.25, -0.2) is 9.37 Å². The maximum absolute atomic E-state index is 13.8. The van der Waals surface area contributed by atoms with Crippen molar-refractivity contribution in [2.24, 2.45) is 5.92 Å². The van der Waals surface area contributed by atoms with E-state index in [0.29, 0.717) is 19.7 Å². The molecule has 0 atom stereocenters. The van der Waals surface area contributed by atoms with Gasteiger partial charge in [0.05, 0.1) is 12.2 Å². The van der Waals surface area contributed by atoms with E-state index in [1.165, 1.54) is 12.3 Å². The van der Waals surface area contributed by atoms with Gasteiger partial charge in [0.15, 0.2) is 11.6 Å². The van der Waals surface area contributed by atoms with Gasteiger partial charge in [-0.3, -0.25) is 4.79 Å². The van der Waals surface area contributed by atoms with Crippen LogP contribution in [0.1, 0.15) is 24.2 Å². The molecule has 6 heteroatoms. The van der Waals surface area contributed by atoms with E-state index in [1.54, 1.807) is 12.0 Å². The monoisotopic (exact) mass is 269 g/mol. The normalized spacial score (nSPS) is 10.8. The van der Waals surface area contributed by atoms with Gasteiger partial charge in [0.25, 0.3) is 5.91 Å². The van der Waals surface area contributed by atoms with Crippen molar-refractivity contribution in [3.63, 3.8) is 0 Å². The Balaban J connectivity index is 2.94. The van der Waals surface area contributed by atoms with Crippen LogP contribution in [0, 0.1) is 11.7 Å². The number of aromatic nitrogens is 1. The number of nitrogens with two attached hydrogens (primary N) is 1. The minimum absolute atomic E-state index is 0.0516. The molecule has 0 aliphatic rings. The predicted molar refractivity (Wildman–Crippen MR) is 71.2 cm³/mol. The van der Waals surface area contributed by atoms with Gasteiger partial charge in [0.2, 0.25) is 0 Å². The van der Waals surface area contributed by atoms with Gasteiger partial charge in [-0.05, 0) is 12.0 Å². The molecule has 1 aromatic rings. The van der Waals surface area contributed by atoms with Gasteiger partial charge >= 0.3 is 0 Å². The molecule has 0 radical (unpaired) electrons. The van der Waals surface area contributed by atoms with E-state index in [2.05, 4.69) is 4.98 Å². The lowest BCUT2D eigenvalue weighted by molar-refractivity contribution is 0.0667. The number of ether oxygens (including phenoxy) is 1. The summed E-state index contributed by atoms with van der Waals surface area (Å²) in [7, 11) is 1.56. The van der Waals surface area contributed by atoms with E-state index in [-0.39, 0.29) is 17.3 Å². The van der Waals surface area contributed by atoms with Crippen LogP contribution in [0.3, 0.4) is 0 Å². The Kier molecular flexibility index (Phi) is 5.69. The largest absolute Gasteiger partial charge is 0.383 e. The number of nitrogens with zero attached hydrogens (tertiary/aromatic N) is 2. The zero-order valence-electron chi connectivity index (χ0n) is 11.5. The molecular formula is C13H20FN3O2. The van der Waals surface area contributed by atoms with Crippen LogP contribution in [0.2, 0.25) is 0 Å². The highest BCUT2D eigenvalue weighted by atomic mass is 19.1. The number of hydrogen-bond donors (Lipinski definition) is 1. The van der Waals surface area contributed by atoms with Crippen molar-refractivity contribution in [2.75, 3.05) is 32.5 Å². The average Bonchev–Trinajstić information content (AvgIpc) is 2.36. The Bertz CT molecular complexity index is 438. The molecule has 106 valence electrons. The molecule has 0 fully saturated rings. The van der Waals surface area contributed by atoms with E-state index in [1.807, 2.05) is 13.8 Å². The van der Waals surface area contributed by atoms with Gasteiger partial charge in [0, 0.05) is 26.4 Å². The fourth-order valence-corrected chi connectivity index (χ4v) is 1.71. The molecule has 2 N–H and O–H groups in total. The Labute approximate surface area is 112 Å². The van der Waals surface area contributed by atoms with Crippen molar-refractivity contribution in [1.82, 2.24) is 9.88 Å². The lowest BCUT2D eigenvalue weighted by atomic mass is 10.1. The molecule has 0 unspecified atom stereocenters. The number of amides is 1. The molecule has 0 aliphatic carbocycles. The van der Waals surface area contributed by atoms with Gasteiger partial charge in [-0.15, -0.1) is 0 Å². The van der Waals surface area contributed by atoms with Crippen LogP contribution in [0.15, 0.2) is 12.3 Å². The number of carbonyl (C=O) groups is 1. The highest BCUT2D eigenvalue weighted by molar-refractivity contribution is 5.95. The van der Waals surface area contributed by atoms with Gasteiger partial charge in [-0.2, -0.15) is 0 Å². The first kappa shape index (κ1) is 15.4. The Morgan fingerprint density at radius 3 is 2.84 bits per heavy atom. The summed E-state index contributed by atoms with van der Waals surface area (Å²) in [6, 6.07) is 1.34. The van der Waals surface area contributed by atoms with Crippen LogP contribution < -0.4 is 5.73 Å². The minimum Gasteiger partial charge on any atom is -0.383 e. The third kappa shape index (κ3) is 4.17. The lowest BCUT2D eigenvalue weighted by Crippen LogP contribution is -2.37. The molecule has 0 spiro atoms. The summed E-state index contributed by atoms with van der Waals surface area (Å²) in [4.78, 5) is 17.5. The number of pyridine rings is 1. The standard InChI is InChI=1S/C13H20FN3O2/c1-9(2)8-17(6-7-19-3)13(18)10-4-5-16-12(15)11(10)14/h4-5,9H,6-8H2,1-3H3,(H2,15,16). The summed E-state index contributed by atoms with van der Waals surface area (Å²) in [5.41, 5.74) is 5.33. The van der Waals surface area contributed by atoms with Gasteiger partial charge in [0.1, 0.15) is 0 Å². The van der Waals surface area contributed by atoms with E-state index < -0.39 is 11.7 Å². The number of hydrogen-bond acceptors (Lipinski definition) is 4. The smallest absolute Gasteiger partial charge is 0.257 e. The first-order valence-corrected chi connectivity index (χ1v) is 6.15. The molecule has 0 aliphatic heterocycles. The third-order valence-electron chi connectivity index (χ3n) is 2.58. The lowest BCUT2D eigenvalue weighted by Gasteiger charge is -2.24. The molecular weight excluding hydrogens is 249 g/mol. The van der Waals surface area contributed by atoms with Crippen LogP contribution in [-0.2, 0) is 4.74 Å². The molecule has 0 aromatic carbocycles. The summed E-state index contributed by atoms with van der Waals surface area (Å²) in [5.74, 6) is -1.14. The van der Waals surface area contributed by atoms with Crippen LogP contribution in [0.25, 0.3) is 0 Å². The molecule has 1 rings (SSSR count). The Morgan fingerprint density at radius 2 is 2.26 bits per heavy atom. The first-order chi connectivity index (χ1) is 8.97. The number of anilines is 1. The summed E-state index contributed by atoms with van der Waals surface area (Å²) in [6.45, 7) is 5.33. The first-order valence-electron chi connectivity index (χ1n) is 6.15. The second-order valence-electron chi connectivity index (χ2n) is 4.70. The second kappa shape index (κ2) is 7.04. The SMILES string of the molecule is COCCN(CC(C)C)C(=O)c1ccnc(N)c1F. The Hall–Kier alpha value is -1.69. The van der Waals surface area contributed by atoms with Crippen molar-refractivity contribution in [3.8, 4) is 0 Å². The van der Waals surface area contributed by atoms with Gasteiger partial charge < -0.3 is 15.4 Å². The quantitative estimate of drug-likeness (QED) is 0.850. The van der Waals surface area contributed by atoms with E-state index >= 15 is 0 Å². The van der Waals surface area contributed by atoms with Crippen LogP contribution >= 0.6 is 0 Å². The topological polar surface area (TPSA) is 68.5 Å². The Morgan fingerprint density at radius 1 is 1.58 bits per heavy atom. The summed E-state index contributed by atoms with van der Waals surface area (Å²) in [6.07, 6.45) is 1.33. The molecule has 1 aromatic heterocycles. The number of methoxy groups -OCH3 is 1. The minimum atomic E-state index is -0.765. The fourth-order valence-electron chi connectivity index (χ4n) is 1.71. The highest BCUT2D eigenvalue weighted by Gasteiger charge is 2.21. The van der Waals surface area contributed by atoms with Crippen LogP contribution in [0.5, 0.6) is 0 Å². The molecule has 0 saturated carbocycles. The van der Waals surface area contributed by atoms with E-state index in [9.17, 15) is 9.18 Å².